The number of rotatable bonds is 3. The van der Waals surface area contributed by atoms with Crippen LogP contribution in [0, 0.1) is 16.7 Å². The summed E-state index contributed by atoms with van der Waals surface area (Å²) in [5.74, 6) is 1.37. The average molecular weight is 358 g/mol. The quantitative estimate of drug-likeness (QED) is 0.906. The monoisotopic (exact) mass is 358 g/mol. The lowest BCUT2D eigenvalue weighted by Gasteiger charge is -2.39. The molecule has 4 unspecified atom stereocenters. The Bertz CT molecular complexity index is 896. The van der Waals surface area contributed by atoms with Gasteiger partial charge in [-0.25, -0.2) is 4.98 Å². The van der Waals surface area contributed by atoms with E-state index in [0.717, 1.165) is 28.8 Å². The molecule has 2 aromatic rings. The molecule has 1 N–H and O–H groups in total. The van der Waals surface area contributed by atoms with Gasteiger partial charge in [0, 0.05) is 10.8 Å². The second kappa shape index (κ2) is 4.74. The molecule has 4 bridgehead atoms. The highest BCUT2D eigenvalue weighted by atomic mass is 32.1. The fourth-order valence-corrected chi connectivity index (χ4v) is 6.43. The number of anilines is 1. The van der Waals surface area contributed by atoms with Crippen LogP contribution in [0.4, 0.5) is 5.13 Å². The summed E-state index contributed by atoms with van der Waals surface area (Å²) in [4.78, 5) is 17.8. The van der Waals surface area contributed by atoms with E-state index in [1.807, 2.05) is 18.2 Å². The number of ether oxygens (including phenoxy) is 2. The Hall–Kier alpha value is -1.66. The van der Waals surface area contributed by atoms with Gasteiger partial charge in [0.1, 0.15) is 5.75 Å². The lowest BCUT2D eigenvalue weighted by molar-refractivity contribution is -0.149. The summed E-state index contributed by atoms with van der Waals surface area (Å²) in [7, 11) is 1.65. The first kappa shape index (κ1) is 15.6. The third-order valence-corrected chi connectivity index (χ3v) is 8.31. The van der Waals surface area contributed by atoms with Crippen LogP contribution >= 0.6 is 11.3 Å². The highest BCUT2D eigenvalue weighted by Gasteiger charge is 2.78. The summed E-state index contributed by atoms with van der Waals surface area (Å²) in [6.45, 7) is 5.24. The summed E-state index contributed by atoms with van der Waals surface area (Å²) in [5.41, 5.74) is 0.232. The van der Waals surface area contributed by atoms with Crippen molar-refractivity contribution >= 4 is 32.6 Å². The molecule has 25 heavy (non-hydrogen) atoms. The van der Waals surface area contributed by atoms with Gasteiger partial charge >= 0.3 is 0 Å². The SMILES string of the molecule is COc1ccc2nc(NC(=O)C34CC5CCC3(C)C5(C)CO4)sc2c1. The summed E-state index contributed by atoms with van der Waals surface area (Å²) in [5, 5.41) is 3.69. The van der Waals surface area contributed by atoms with E-state index in [9.17, 15) is 4.79 Å². The van der Waals surface area contributed by atoms with Gasteiger partial charge in [-0.2, -0.15) is 0 Å². The van der Waals surface area contributed by atoms with Crippen molar-refractivity contribution in [1.82, 2.24) is 4.98 Å². The molecule has 1 aromatic heterocycles. The highest BCUT2D eigenvalue weighted by molar-refractivity contribution is 7.22. The first-order valence-electron chi connectivity index (χ1n) is 8.82. The molecule has 2 heterocycles. The average Bonchev–Trinajstić information content (AvgIpc) is 3.24. The number of nitrogens with zero attached hydrogens (tertiary/aromatic N) is 1. The van der Waals surface area contributed by atoms with Crippen LogP contribution in [-0.4, -0.2) is 30.2 Å². The predicted octanol–water partition coefficient (Wildman–Crippen LogP) is 3.84. The Morgan fingerprint density at radius 2 is 2.28 bits per heavy atom. The Labute approximate surface area is 150 Å². The third kappa shape index (κ3) is 1.72. The van der Waals surface area contributed by atoms with E-state index < -0.39 is 5.60 Å². The lowest BCUT2D eigenvalue weighted by Crippen LogP contribution is -2.52. The van der Waals surface area contributed by atoms with Crippen molar-refractivity contribution in [2.24, 2.45) is 16.7 Å². The van der Waals surface area contributed by atoms with Gasteiger partial charge in [0.2, 0.25) is 0 Å². The van der Waals surface area contributed by atoms with Crippen molar-refractivity contribution in [3.8, 4) is 5.75 Å². The number of fused-ring (bicyclic) bond motifs is 1. The molecule has 0 radical (unpaired) electrons. The van der Waals surface area contributed by atoms with E-state index in [-0.39, 0.29) is 16.7 Å². The Balaban J connectivity index is 1.46. The Kier molecular flexibility index (Phi) is 2.95. The van der Waals surface area contributed by atoms with E-state index in [4.69, 9.17) is 9.47 Å². The lowest BCUT2D eigenvalue weighted by atomic mass is 9.66. The van der Waals surface area contributed by atoms with Crippen LogP contribution in [0.2, 0.25) is 0 Å². The molecule has 6 heteroatoms. The number of methoxy groups -OCH3 is 1. The predicted molar refractivity (Wildman–Crippen MR) is 97.0 cm³/mol. The molecule has 2 saturated carbocycles. The summed E-state index contributed by atoms with van der Waals surface area (Å²) in [6.07, 6.45) is 3.12. The summed E-state index contributed by atoms with van der Waals surface area (Å²) < 4.78 is 12.4. The van der Waals surface area contributed by atoms with Gasteiger partial charge < -0.3 is 9.47 Å². The minimum absolute atomic E-state index is 0.0213. The van der Waals surface area contributed by atoms with Crippen LogP contribution in [-0.2, 0) is 9.53 Å². The molecule has 5 rings (SSSR count). The zero-order chi connectivity index (χ0) is 17.4. The number of carbonyl (C=O) groups is 1. The first-order valence-corrected chi connectivity index (χ1v) is 9.64. The van der Waals surface area contributed by atoms with Crippen LogP contribution in [0.5, 0.6) is 5.75 Å². The van der Waals surface area contributed by atoms with Crippen LogP contribution in [0.1, 0.15) is 33.1 Å². The van der Waals surface area contributed by atoms with E-state index in [0.29, 0.717) is 17.7 Å². The molecule has 1 saturated heterocycles. The van der Waals surface area contributed by atoms with Crippen molar-refractivity contribution in [3.63, 3.8) is 0 Å². The highest BCUT2D eigenvalue weighted by Crippen LogP contribution is 2.75. The maximum atomic E-state index is 13.2. The Morgan fingerprint density at radius 3 is 3.00 bits per heavy atom. The van der Waals surface area contributed by atoms with Gasteiger partial charge in [-0.05, 0) is 43.4 Å². The molecule has 1 amide bonds. The fourth-order valence-electron chi connectivity index (χ4n) is 5.54. The van der Waals surface area contributed by atoms with Crippen molar-refractivity contribution in [2.75, 3.05) is 19.0 Å². The van der Waals surface area contributed by atoms with Crippen LogP contribution in [0.15, 0.2) is 18.2 Å². The Morgan fingerprint density at radius 1 is 1.44 bits per heavy atom. The van der Waals surface area contributed by atoms with Crippen molar-refractivity contribution < 1.29 is 14.3 Å². The molecule has 1 aliphatic heterocycles. The molecule has 3 aliphatic rings. The zero-order valence-electron chi connectivity index (χ0n) is 14.7. The number of nitrogens with one attached hydrogen (secondary N) is 1. The van der Waals surface area contributed by atoms with Gasteiger partial charge in [0.15, 0.2) is 10.7 Å². The first-order chi connectivity index (χ1) is 11.9. The van der Waals surface area contributed by atoms with Gasteiger partial charge in [0.05, 0.1) is 23.9 Å². The standard InChI is InChI=1S/C19H22N2O3S/c1-17-10-24-19(9-11(17)6-7-18(17,19)2)15(22)21-16-20-13-5-4-12(23-3)8-14(13)25-16/h4-5,8,11H,6-7,9-10H2,1-3H3,(H,20,21,22). The minimum Gasteiger partial charge on any atom is -0.497 e. The number of benzene rings is 1. The normalized spacial score (nSPS) is 38.4. The minimum atomic E-state index is -0.694. The maximum absolute atomic E-state index is 13.2. The third-order valence-electron chi connectivity index (χ3n) is 7.38. The van der Waals surface area contributed by atoms with Crippen LogP contribution < -0.4 is 10.1 Å². The largest absolute Gasteiger partial charge is 0.497 e. The molecule has 2 aliphatic carbocycles. The van der Waals surface area contributed by atoms with Gasteiger partial charge in [-0.3, -0.25) is 10.1 Å². The second-order valence-electron chi connectivity index (χ2n) is 8.11. The van der Waals surface area contributed by atoms with Crippen LogP contribution in [0.25, 0.3) is 10.2 Å². The number of hydrogen-bond acceptors (Lipinski definition) is 5. The molecule has 132 valence electrons. The van der Waals surface area contributed by atoms with E-state index in [2.05, 4.69) is 24.1 Å². The maximum Gasteiger partial charge on any atom is 0.259 e. The van der Waals surface area contributed by atoms with Crippen molar-refractivity contribution in [2.45, 2.75) is 38.7 Å². The molecule has 0 spiro atoms. The second-order valence-corrected chi connectivity index (χ2v) is 9.14. The van der Waals surface area contributed by atoms with E-state index in [1.54, 1.807) is 7.11 Å². The zero-order valence-corrected chi connectivity index (χ0v) is 15.5. The van der Waals surface area contributed by atoms with E-state index >= 15 is 0 Å². The molecule has 3 fully saturated rings. The number of hydrogen-bond donors (Lipinski definition) is 1. The van der Waals surface area contributed by atoms with Gasteiger partial charge in [-0.1, -0.05) is 25.2 Å². The summed E-state index contributed by atoms with van der Waals surface area (Å²) >= 11 is 1.48. The van der Waals surface area contributed by atoms with Crippen LogP contribution in [0.3, 0.4) is 0 Å². The molecule has 5 nitrogen and oxygen atoms in total. The molecular formula is C19H22N2O3S. The molecular weight excluding hydrogens is 336 g/mol. The molecule has 1 aromatic carbocycles. The van der Waals surface area contributed by atoms with Gasteiger partial charge in [-0.15, -0.1) is 0 Å². The smallest absolute Gasteiger partial charge is 0.259 e. The number of amides is 1. The summed E-state index contributed by atoms with van der Waals surface area (Å²) in [6, 6.07) is 5.75. The van der Waals surface area contributed by atoms with Gasteiger partial charge in [0.25, 0.3) is 5.91 Å². The number of thiazole rings is 1. The fraction of sp³-hybridized carbons (Fsp3) is 0.579. The molecule has 4 atom stereocenters. The topological polar surface area (TPSA) is 60.5 Å². The van der Waals surface area contributed by atoms with E-state index in [1.165, 1.54) is 17.8 Å². The number of carbonyl (C=O) groups excluding carboxylic acids is 1. The van der Waals surface area contributed by atoms with Crippen molar-refractivity contribution in [3.05, 3.63) is 18.2 Å². The number of aromatic nitrogens is 1. The van der Waals surface area contributed by atoms with Crippen molar-refractivity contribution in [1.29, 1.82) is 0 Å².